The van der Waals surface area contributed by atoms with Crippen molar-refractivity contribution < 1.29 is 4.79 Å². The molecular weight excluding hydrogens is 280 g/mol. The number of anilines is 2. The second-order valence-electron chi connectivity index (χ2n) is 4.70. The standard InChI is InChI=1S/C16H14N4O2/c17-14-13(11-7-3-1-4-8-11)15(21)20(19-14)16(22)18-12-9-5-2-6-10-12/h1-10,19H,17H2,(H,18,22). The van der Waals surface area contributed by atoms with Gasteiger partial charge >= 0.3 is 6.03 Å². The Morgan fingerprint density at radius 1 is 1.00 bits per heavy atom. The van der Waals surface area contributed by atoms with E-state index in [2.05, 4.69) is 10.4 Å². The van der Waals surface area contributed by atoms with Crippen LogP contribution in [0.25, 0.3) is 11.1 Å². The summed E-state index contributed by atoms with van der Waals surface area (Å²) in [6.45, 7) is 0. The van der Waals surface area contributed by atoms with Gasteiger partial charge in [0.1, 0.15) is 5.82 Å². The van der Waals surface area contributed by atoms with Gasteiger partial charge in [-0.15, -0.1) is 0 Å². The number of nitrogens with two attached hydrogens (primary N) is 1. The number of benzene rings is 2. The summed E-state index contributed by atoms with van der Waals surface area (Å²) in [5.41, 5.74) is 6.89. The summed E-state index contributed by atoms with van der Waals surface area (Å²) in [5.74, 6) is 0.152. The first-order chi connectivity index (χ1) is 10.7. The van der Waals surface area contributed by atoms with Crippen LogP contribution in [0.2, 0.25) is 0 Å². The van der Waals surface area contributed by atoms with Gasteiger partial charge in [-0.3, -0.25) is 9.89 Å². The maximum atomic E-state index is 12.4. The number of hydrogen-bond acceptors (Lipinski definition) is 3. The zero-order valence-corrected chi connectivity index (χ0v) is 11.6. The number of aromatic amines is 1. The van der Waals surface area contributed by atoms with Crippen LogP contribution >= 0.6 is 0 Å². The Labute approximate surface area is 126 Å². The maximum Gasteiger partial charge on any atom is 0.348 e. The fourth-order valence-corrected chi connectivity index (χ4v) is 2.18. The van der Waals surface area contributed by atoms with Gasteiger partial charge in [0.2, 0.25) is 0 Å². The molecule has 4 N–H and O–H groups in total. The minimum atomic E-state index is -0.593. The topological polar surface area (TPSA) is 92.9 Å². The third-order valence-electron chi connectivity index (χ3n) is 3.21. The van der Waals surface area contributed by atoms with Crippen molar-refractivity contribution in [2.45, 2.75) is 0 Å². The van der Waals surface area contributed by atoms with Crippen LogP contribution in [0.15, 0.2) is 65.5 Å². The maximum absolute atomic E-state index is 12.4. The van der Waals surface area contributed by atoms with Gasteiger partial charge in [-0.2, -0.15) is 4.68 Å². The number of aromatic nitrogens is 2. The molecule has 1 heterocycles. The van der Waals surface area contributed by atoms with E-state index < -0.39 is 11.6 Å². The highest BCUT2D eigenvalue weighted by Crippen LogP contribution is 2.20. The molecule has 0 aliphatic carbocycles. The second kappa shape index (κ2) is 5.61. The van der Waals surface area contributed by atoms with E-state index >= 15 is 0 Å². The lowest BCUT2D eigenvalue weighted by Gasteiger charge is -2.03. The number of H-pyrrole nitrogens is 1. The Balaban J connectivity index is 1.96. The third kappa shape index (κ3) is 2.49. The molecule has 0 unspecified atom stereocenters. The van der Waals surface area contributed by atoms with Gasteiger partial charge in [0.25, 0.3) is 5.56 Å². The Hall–Kier alpha value is -3.28. The predicted molar refractivity (Wildman–Crippen MR) is 85.8 cm³/mol. The molecule has 2 aromatic carbocycles. The molecule has 3 aromatic rings. The number of nitrogen functional groups attached to an aromatic ring is 1. The summed E-state index contributed by atoms with van der Waals surface area (Å²) in [4.78, 5) is 24.6. The Kier molecular flexibility index (Phi) is 3.49. The fourth-order valence-electron chi connectivity index (χ4n) is 2.18. The summed E-state index contributed by atoms with van der Waals surface area (Å²) in [7, 11) is 0. The van der Waals surface area contributed by atoms with Crippen molar-refractivity contribution >= 4 is 17.5 Å². The molecule has 0 aliphatic rings. The van der Waals surface area contributed by atoms with Gasteiger partial charge < -0.3 is 11.1 Å². The molecule has 0 aliphatic heterocycles. The quantitative estimate of drug-likeness (QED) is 0.678. The Bertz CT molecular complexity index is 851. The minimum Gasteiger partial charge on any atom is -0.383 e. The van der Waals surface area contributed by atoms with Gasteiger partial charge in [0.15, 0.2) is 0 Å². The molecule has 6 heteroatoms. The van der Waals surface area contributed by atoms with Crippen molar-refractivity contribution in [3.8, 4) is 11.1 Å². The molecule has 6 nitrogen and oxygen atoms in total. The van der Waals surface area contributed by atoms with Crippen LogP contribution < -0.4 is 16.6 Å². The fraction of sp³-hybridized carbons (Fsp3) is 0. The van der Waals surface area contributed by atoms with E-state index in [1.807, 2.05) is 12.1 Å². The molecule has 3 rings (SSSR count). The van der Waals surface area contributed by atoms with Crippen LogP contribution in [-0.2, 0) is 0 Å². The predicted octanol–water partition coefficient (Wildman–Crippen LogP) is 2.51. The lowest BCUT2D eigenvalue weighted by molar-refractivity contribution is 0.250. The smallest absolute Gasteiger partial charge is 0.348 e. The first kappa shape index (κ1) is 13.7. The molecule has 0 radical (unpaired) electrons. The van der Waals surface area contributed by atoms with Crippen molar-refractivity contribution in [1.82, 2.24) is 9.78 Å². The van der Waals surface area contributed by atoms with Crippen molar-refractivity contribution in [3.05, 3.63) is 71.0 Å². The summed E-state index contributed by atoms with van der Waals surface area (Å²) < 4.78 is 0.866. The van der Waals surface area contributed by atoms with Crippen LogP contribution in [0.4, 0.5) is 16.3 Å². The lowest BCUT2D eigenvalue weighted by Crippen LogP contribution is -2.30. The van der Waals surface area contributed by atoms with E-state index in [1.54, 1.807) is 48.5 Å². The van der Waals surface area contributed by atoms with Crippen molar-refractivity contribution in [2.24, 2.45) is 0 Å². The van der Waals surface area contributed by atoms with Crippen LogP contribution in [0.5, 0.6) is 0 Å². The number of nitrogens with one attached hydrogen (secondary N) is 2. The molecule has 22 heavy (non-hydrogen) atoms. The number of nitrogens with zero attached hydrogens (tertiary/aromatic N) is 1. The summed E-state index contributed by atoms with van der Waals surface area (Å²) in [6.07, 6.45) is 0. The highest BCUT2D eigenvalue weighted by atomic mass is 16.2. The number of amides is 1. The molecule has 0 spiro atoms. The number of carbonyl (C=O) groups excluding carboxylic acids is 1. The first-order valence-corrected chi connectivity index (χ1v) is 6.69. The van der Waals surface area contributed by atoms with Crippen LogP contribution in [0.3, 0.4) is 0 Å². The zero-order chi connectivity index (χ0) is 15.5. The number of rotatable bonds is 2. The molecule has 0 fully saturated rings. The largest absolute Gasteiger partial charge is 0.383 e. The highest BCUT2D eigenvalue weighted by molar-refractivity contribution is 5.91. The van der Waals surface area contributed by atoms with Gasteiger partial charge in [-0.25, -0.2) is 4.79 Å². The second-order valence-corrected chi connectivity index (χ2v) is 4.70. The first-order valence-electron chi connectivity index (χ1n) is 6.69. The van der Waals surface area contributed by atoms with Gasteiger partial charge in [0, 0.05) is 5.69 Å². The monoisotopic (exact) mass is 294 g/mol. The van der Waals surface area contributed by atoms with E-state index in [9.17, 15) is 9.59 Å². The van der Waals surface area contributed by atoms with Gasteiger partial charge in [-0.05, 0) is 17.7 Å². The van der Waals surface area contributed by atoms with E-state index in [1.165, 1.54) is 0 Å². The zero-order valence-electron chi connectivity index (χ0n) is 11.6. The van der Waals surface area contributed by atoms with Crippen molar-refractivity contribution in [1.29, 1.82) is 0 Å². The molecule has 0 bridgehead atoms. The van der Waals surface area contributed by atoms with Gasteiger partial charge in [0.05, 0.1) is 5.56 Å². The Morgan fingerprint density at radius 2 is 1.59 bits per heavy atom. The van der Waals surface area contributed by atoms with E-state index in [4.69, 9.17) is 5.73 Å². The van der Waals surface area contributed by atoms with E-state index in [0.29, 0.717) is 11.3 Å². The van der Waals surface area contributed by atoms with Crippen molar-refractivity contribution in [3.63, 3.8) is 0 Å². The molecular formula is C16H14N4O2. The number of hydrogen-bond donors (Lipinski definition) is 3. The molecule has 0 saturated carbocycles. The molecule has 1 amide bonds. The van der Waals surface area contributed by atoms with Crippen molar-refractivity contribution in [2.75, 3.05) is 11.1 Å². The van der Waals surface area contributed by atoms with E-state index in [0.717, 1.165) is 4.68 Å². The molecule has 0 saturated heterocycles. The van der Waals surface area contributed by atoms with Crippen LogP contribution in [0.1, 0.15) is 0 Å². The van der Waals surface area contributed by atoms with Gasteiger partial charge in [-0.1, -0.05) is 48.5 Å². The average Bonchev–Trinajstić information content (AvgIpc) is 2.84. The summed E-state index contributed by atoms with van der Waals surface area (Å²) in [6, 6.07) is 17.3. The summed E-state index contributed by atoms with van der Waals surface area (Å²) >= 11 is 0. The van der Waals surface area contributed by atoms with Crippen LogP contribution in [-0.4, -0.2) is 15.8 Å². The summed E-state index contributed by atoms with van der Waals surface area (Å²) in [5, 5.41) is 5.23. The normalized spacial score (nSPS) is 10.4. The SMILES string of the molecule is Nc1[nH]n(C(=O)Nc2ccccc2)c(=O)c1-c1ccccc1. The third-order valence-corrected chi connectivity index (χ3v) is 3.21. The molecule has 110 valence electrons. The van der Waals surface area contributed by atoms with E-state index in [-0.39, 0.29) is 11.4 Å². The number of carbonyl (C=O) groups is 1. The molecule has 0 atom stereocenters. The minimum absolute atomic E-state index is 0.152. The average molecular weight is 294 g/mol. The van der Waals surface area contributed by atoms with Crippen LogP contribution in [0, 0.1) is 0 Å². The Morgan fingerprint density at radius 3 is 2.23 bits per heavy atom. The highest BCUT2D eigenvalue weighted by Gasteiger charge is 2.18. The molecule has 1 aromatic heterocycles. The number of para-hydroxylation sites is 1. The lowest BCUT2D eigenvalue weighted by atomic mass is 10.1.